The first-order chi connectivity index (χ1) is 8.81. The van der Waals surface area contributed by atoms with E-state index in [0.717, 1.165) is 24.1 Å². The standard InChI is InChI=1S/C13H13BrN4/c14-12-7-17-13(18-8-12)16-4-9-1-2-10-5-15-6-11(10)3-9/h1-3,7-8,15H,4-6H2,(H,16,17,18). The van der Waals surface area contributed by atoms with Crippen LogP contribution in [0, 0.1) is 0 Å². The Morgan fingerprint density at radius 2 is 1.94 bits per heavy atom. The van der Waals surface area contributed by atoms with Crippen LogP contribution in [0.4, 0.5) is 5.95 Å². The molecule has 0 unspecified atom stereocenters. The summed E-state index contributed by atoms with van der Waals surface area (Å²) in [7, 11) is 0. The Morgan fingerprint density at radius 1 is 1.17 bits per heavy atom. The quantitative estimate of drug-likeness (QED) is 0.914. The van der Waals surface area contributed by atoms with Crippen LogP contribution in [-0.2, 0) is 19.6 Å². The highest BCUT2D eigenvalue weighted by atomic mass is 79.9. The molecule has 0 bridgehead atoms. The van der Waals surface area contributed by atoms with Gasteiger partial charge in [0.05, 0.1) is 4.47 Å². The van der Waals surface area contributed by atoms with Crippen molar-refractivity contribution in [3.8, 4) is 0 Å². The number of rotatable bonds is 3. The molecular formula is C13H13BrN4. The van der Waals surface area contributed by atoms with Gasteiger partial charge in [0.25, 0.3) is 0 Å². The minimum atomic E-state index is 0.650. The summed E-state index contributed by atoms with van der Waals surface area (Å²) >= 11 is 3.32. The van der Waals surface area contributed by atoms with Gasteiger partial charge < -0.3 is 10.6 Å². The fraction of sp³-hybridized carbons (Fsp3) is 0.231. The molecule has 1 aromatic carbocycles. The van der Waals surface area contributed by atoms with E-state index in [1.54, 1.807) is 12.4 Å². The summed E-state index contributed by atoms with van der Waals surface area (Å²) in [6, 6.07) is 6.58. The molecule has 0 spiro atoms. The number of nitrogens with one attached hydrogen (secondary N) is 2. The predicted molar refractivity (Wildman–Crippen MR) is 74.0 cm³/mol. The van der Waals surface area contributed by atoms with Crippen LogP contribution in [0.15, 0.2) is 35.1 Å². The van der Waals surface area contributed by atoms with Crippen LogP contribution in [0.5, 0.6) is 0 Å². The molecule has 0 aliphatic carbocycles. The first kappa shape index (κ1) is 11.6. The first-order valence-electron chi connectivity index (χ1n) is 5.84. The van der Waals surface area contributed by atoms with Crippen molar-refractivity contribution in [3.63, 3.8) is 0 Å². The van der Waals surface area contributed by atoms with Gasteiger partial charge in [-0.25, -0.2) is 9.97 Å². The van der Waals surface area contributed by atoms with E-state index in [2.05, 4.69) is 54.7 Å². The van der Waals surface area contributed by atoms with Crippen molar-refractivity contribution in [3.05, 3.63) is 51.8 Å². The van der Waals surface area contributed by atoms with Gasteiger partial charge >= 0.3 is 0 Å². The molecule has 1 aliphatic rings. The van der Waals surface area contributed by atoms with E-state index in [4.69, 9.17) is 0 Å². The smallest absolute Gasteiger partial charge is 0.222 e. The van der Waals surface area contributed by atoms with Gasteiger partial charge in [-0.2, -0.15) is 0 Å². The van der Waals surface area contributed by atoms with Gasteiger partial charge in [-0.3, -0.25) is 0 Å². The van der Waals surface area contributed by atoms with Crippen molar-refractivity contribution in [2.45, 2.75) is 19.6 Å². The lowest BCUT2D eigenvalue weighted by Gasteiger charge is -2.06. The zero-order valence-electron chi connectivity index (χ0n) is 9.78. The van der Waals surface area contributed by atoms with Gasteiger partial charge in [-0.1, -0.05) is 18.2 Å². The summed E-state index contributed by atoms with van der Waals surface area (Å²) in [6.45, 7) is 2.70. The van der Waals surface area contributed by atoms with Gasteiger partial charge in [0.2, 0.25) is 5.95 Å². The topological polar surface area (TPSA) is 49.8 Å². The Balaban J connectivity index is 1.68. The minimum Gasteiger partial charge on any atom is -0.350 e. The number of hydrogen-bond donors (Lipinski definition) is 2. The van der Waals surface area contributed by atoms with E-state index in [0.29, 0.717) is 5.95 Å². The molecule has 2 aromatic rings. The largest absolute Gasteiger partial charge is 0.350 e. The zero-order chi connectivity index (χ0) is 12.4. The second-order valence-corrected chi connectivity index (χ2v) is 5.20. The SMILES string of the molecule is Brc1cnc(NCc2ccc3c(c2)CNC3)nc1. The van der Waals surface area contributed by atoms with E-state index in [1.807, 2.05) is 0 Å². The molecule has 0 atom stereocenters. The number of fused-ring (bicyclic) bond motifs is 1. The van der Waals surface area contributed by atoms with Gasteiger partial charge in [-0.15, -0.1) is 0 Å². The molecular weight excluding hydrogens is 292 g/mol. The maximum atomic E-state index is 4.18. The fourth-order valence-electron chi connectivity index (χ4n) is 2.04. The summed E-state index contributed by atoms with van der Waals surface area (Å²) in [5, 5.41) is 6.56. The molecule has 92 valence electrons. The third kappa shape index (κ3) is 2.52. The fourth-order valence-corrected chi connectivity index (χ4v) is 2.25. The predicted octanol–water partition coefficient (Wildman–Crippen LogP) is 2.45. The molecule has 5 heteroatoms. The average molecular weight is 305 g/mol. The van der Waals surface area contributed by atoms with Crippen molar-refractivity contribution in [2.24, 2.45) is 0 Å². The van der Waals surface area contributed by atoms with Crippen molar-refractivity contribution in [1.82, 2.24) is 15.3 Å². The number of aromatic nitrogens is 2. The number of anilines is 1. The summed E-state index contributed by atoms with van der Waals surface area (Å²) in [4.78, 5) is 8.37. The Kier molecular flexibility index (Phi) is 3.25. The Hall–Kier alpha value is -1.46. The summed E-state index contributed by atoms with van der Waals surface area (Å²) in [6.07, 6.45) is 3.48. The second kappa shape index (κ2) is 5.04. The molecule has 4 nitrogen and oxygen atoms in total. The van der Waals surface area contributed by atoms with Crippen molar-refractivity contribution < 1.29 is 0 Å². The van der Waals surface area contributed by atoms with E-state index in [-0.39, 0.29) is 0 Å². The number of nitrogens with zero attached hydrogens (tertiary/aromatic N) is 2. The van der Waals surface area contributed by atoms with E-state index in [1.165, 1.54) is 16.7 Å². The Labute approximate surface area is 114 Å². The Bertz CT molecular complexity index is 553. The molecule has 1 aromatic heterocycles. The maximum absolute atomic E-state index is 4.18. The Morgan fingerprint density at radius 3 is 2.78 bits per heavy atom. The number of hydrogen-bond acceptors (Lipinski definition) is 4. The van der Waals surface area contributed by atoms with Gasteiger partial charge in [0, 0.05) is 32.0 Å². The van der Waals surface area contributed by atoms with Crippen LogP contribution < -0.4 is 10.6 Å². The van der Waals surface area contributed by atoms with E-state index in [9.17, 15) is 0 Å². The van der Waals surface area contributed by atoms with Crippen LogP contribution in [0.3, 0.4) is 0 Å². The highest BCUT2D eigenvalue weighted by Crippen LogP contribution is 2.17. The summed E-state index contributed by atoms with van der Waals surface area (Å²) in [5.41, 5.74) is 4.05. The molecule has 1 aliphatic heterocycles. The monoisotopic (exact) mass is 304 g/mol. The minimum absolute atomic E-state index is 0.650. The van der Waals surface area contributed by atoms with Gasteiger partial charge in [0.1, 0.15) is 0 Å². The third-order valence-corrected chi connectivity index (χ3v) is 3.38. The molecule has 0 amide bonds. The van der Waals surface area contributed by atoms with Gasteiger partial charge in [-0.05, 0) is 32.6 Å². The molecule has 0 saturated carbocycles. The maximum Gasteiger partial charge on any atom is 0.222 e. The van der Waals surface area contributed by atoms with Crippen molar-refractivity contribution in [1.29, 1.82) is 0 Å². The normalized spacial score (nSPS) is 13.4. The lowest BCUT2D eigenvalue weighted by atomic mass is 10.1. The van der Waals surface area contributed by atoms with Crippen LogP contribution >= 0.6 is 15.9 Å². The highest BCUT2D eigenvalue weighted by molar-refractivity contribution is 9.10. The molecule has 2 N–H and O–H groups in total. The first-order valence-corrected chi connectivity index (χ1v) is 6.63. The molecule has 0 radical (unpaired) electrons. The van der Waals surface area contributed by atoms with Crippen LogP contribution in [0.2, 0.25) is 0 Å². The highest BCUT2D eigenvalue weighted by Gasteiger charge is 2.09. The number of benzene rings is 1. The lowest BCUT2D eigenvalue weighted by molar-refractivity contribution is 0.764. The van der Waals surface area contributed by atoms with E-state index >= 15 is 0 Å². The second-order valence-electron chi connectivity index (χ2n) is 4.29. The lowest BCUT2D eigenvalue weighted by Crippen LogP contribution is -2.03. The van der Waals surface area contributed by atoms with Crippen LogP contribution in [0.1, 0.15) is 16.7 Å². The molecule has 3 rings (SSSR count). The molecule has 0 fully saturated rings. The van der Waals surface area contributed by atoms with Gasteiger partial charge in [0.15, 0.2) is 0 Å². The van der Waals surface area contributed by atoms with E-state index < -0.39 is 0 Å². The molecule has 18 heavy (non-hydrogen) atoms. The van der Waals surface area contributed by atoms with Crippen molar-refractivity contribution in [2.75, 3.05) is 5.32 Å². The summed E-state index contributed by atoms with van der Waals surface area (Å²) in [5.74, 6) is 0.650. The van der Waals surface area contributed by atoms with Crippen LogP contribution in [-0.4, -0.2) is 9.97 Å². The zero-order valence-corrected chi connectivity index (χ0v) is 11.4. The summed E-state index contributed by atoms with van der Waals surface area (Å²) < 4.78 is 0.886. The molecule has 2 heterocycles. The third-order valence-electron chi connectivity index (χ3n) is 2.97. The van der Waals surface area contributed by atoms with Crippen LogP contribution in [0.25, 0.3) is 0 Å². The van der Waals surface area contributed by atoms with Crippen molar-refractivity contribution >= 4 is 21.9 Å². The molecule has 0 saturated heterocycles. The number of halogens is 1. The average Bonchev–Trinajstić information content (AvgIpc) is 2.85.